The van der Waals surface area contributed by atoms with Crippen LogP contribution in [0.15, 0.2) is 58.7 Å². The van der Waals surface area contributed by atoms with E-state index in [2.05, 4.69) is 51.2 Å². The summed E-state index contributed by atoms with van der Waals surface area (Å²) < 4.78 is 0. The third-order valence-corrected chi connectivity index (χ3v) is 6.08. The average molecular weight is 382 g/mol. The van der Waals surface area contributed by atoms with E-state index in [1.165, 1.54) is 55.2 Å². The van der Waals surface area contributed by atoms with Crippen molar-refractivity contribution in [3.8, 4) is 0 Å². The van der Waals surface area contributed by atoms with Gasteiger partial charge in [0.25, 0.3) is 0 Å². The van der Waals surface area contributed by atoms with Gasteiger partial charge in [-0.2, -0.15) is 0 Å². The van der Waals surface area contributed by atoms with Gasteiger partial charge in [0.05, 0.1) is 0 Å². The normalized spacial score (nSPS) is 22.3. The van der Waals surface area contributed by atoms with Crippen molar-refractivity contribution >= 4 is 5.91 Å². The molecule has 0 heterocycles. The molecule has 1 saturated carbocycles. The third kappa shape index (κ3) is 7.30. The zero-order valence-electron chi connectivity index (χ0n) is 18.6. The molecule has 154 valence electrons. The molecule has 2 nitrogen and oxygen atoms in total. The van der Waals surface area contributed by atoms with E-state index in [1.807, 2.05) is 19.1 Å². The van der Waals surface area contributed by atoms with Gasteiger partial charge in [0.1, 0.15) is 0 Å². The maximum Gasteiger partial charge on any atom is 0.244 e. The first-order chi connectivity index (χ1) is 13.3. The third-order valence-electron chi connectivity index (χ3n) is 6.08. The summed E-state index contributed by atoms with van der Waals surface area (Å²) in [6, 6.07) is 0.364. The zero-order chi connectivity index (χ0) is 20.6. The number of rotatable bonds is 6. The topological polar surface area (TPSA) is 29.1 Å². The minimum Gasteiger partial charge on any atom is -0.350 e. The second kappa shape index (κ2) is 10.6. The molecule has 0 radical (unpaired) electrons. The molecule has 28 heavy (non-hydrogen) atoms. The van der Waals surface area contributed by atoms with Crippen LogP contribution >= 0.6 is 0 Å². The molecular formula is C26H39NO. The smallest absolute Gasteiger partial charge is 0.244 e. The molecule has 2 rings (SSSR count). The van der Waals surface area contributed by atoms with Crippen molar-refractivity contribution in [3.63, 3.8) is 0 Å². The summed E-state index contributed by atoms with van der Waals surface area (Å²) in [5.41, 5.74) is 5.50. The lowest BCUT2D eigenvalue weighted by Crippen LogP contribution is -2.35. The molecule has 1 N–H and O–H groups in total. The summed E-state index contributed by atoms with van der Waals surface area (Å²) in [6.07, 6.45) is 22.2. The van der Waals surface area contributed by atoms with Gasteiger partial charge >= 0.3 is 0 Å². The van der Waals surface area contributed by atoms with E-state index in [0.717, 1.165) is 18.4 Å². The largest absolute Gasteiger partial charge is 0.350 e. The minimum absolute atomic E-state index is 0.0385. The molecule has 1 amide bonds. The van der Waals surface area contributed by atoms with Gasteiger partial charge in [0.2, 0.25) is 5.91 Å². The van der Waals surface area contributed by atoms with E-state index in [-0.39, 0.29) is 11.3 Å². The van der Waals surface area contributed by atoms with E-state index >= 15 is 0 Å². The lowest BCUT2D eigenvalue weighted by atomic mass is 9.72. The van der Waals surface area contributed by atoms with Crippen molar-refractivity contribution in [3.05, 3.63) is 58.7 Å². The van der Waals surface area contributed by atoms with Crippen molar-refractivity contribution in [2.24, 2.45) is 5.41 Å². The summed E-state index contributed by atoms with van der Waals surface area (Å²) in [5.74, 6) is 0.0385. The molecule has 0 aromatic rings. The number of nitrogens with one attached hydrogen (secondary N) is 1. The van der Waals surface area contributed by atoms with E-state index in [9.17, 15) is 4.79 Å². The number of carbonyl (C=O) groups excluding carboxylic acids is 1. The highest BCUT2D eigenvalue weighted by atomic mass is 16.1. The Balaban J connectivity index is 1.90. The van der Waals surface area contributed by atoms with Crippen LogP contribution in [-0.4, -0.2) is 11.9 Å². The van der Waals surface area contributed by atoms with Gasteiger partial charge in [-0.3, -0.25) is 4.79 Å². The first-order valence-corrected chi connectivity index (χ1v) is 11.0. The fourth-order valence-corrected chi connectivity index (χ4v) is 4.38. The summed E-state index contributed by atoms with van der Waals surface area (Å²) in [7, 11) is 0. The lowest BCUT2D eigenvalue weighted by molar-refractivity contribution is -0.117. The Hall–Kier alpha value is -1.83. The Bertz CT molecular complexity index is 694. The van der Waals surface area contributed by atoms with Gasteiger partial charge in [-0.05, 0) is 69.4 Å². The van der Waals surface area contributed by atoms with Gasteiger partial charge in [-0.1, -0.05) is 74.6 Å². The Morgan fingerprint density at radius 1 is 1.04 bits per heavy atom. The van der Waals surface area contributed by atoms with Gasteiger partial charge in [-0.25, -0.2) is 0 Å². The fourth-order valence-electron chi connectivity index (χ4n) is 4.38. The van der Waals surface area contributed by atoms with Crippen LogP contribution in [0.2, 0.25) is 0 Å². The van der Waals surface area contributed by atoms with Crippen LogP contribution in [0.3, 0.4) is 0 Å². The van der Waals surface area contributed by atoms with Crippen LogP contribution < -0.4 is 5.32 Å². The predicted molar refractivity (Wildman–Crippen MR) is 121 cm³/mol. The molecule has 2 heteroatoms. The van der Waals surface area contributed by atoms with Crippen molar-refractivity contribution in [2.45, 2.75) is 92.0 Å². The standard InChI is InChI=1S/C26H39NO/c1-20(16-17-24-22(3)13-10-18-26(24,4)5)11-9-12-21(2)19-25(28)27-23-14-7-6-8-15-23/h9,11-12,16-17,19,23H,6-8,10,13-15,18H2,1-5H3,(H,27,28)/b12-9+,17-16+,20-11+,21-19+. The summed E-state index contributed by atoms with van der Waals surface area (Å²) in [4.78, 5) is 12.1. The fraction of sp³-hybridized carbons (Fsp3) is 0.577. The zero-order valence-corrected chi connectivity index (χ0v) is 18.6. The SMILES string of the molecule is CC1=C(/C=C/C(C)=C/C=C/C(C)=C/C(=O)NC2CCCCC2)C(C)(C)CCC1. The molecule has 0 unspecified atom stereocenters. The highest BCUT2D eigenvalue weighted by Crippen LogP contribution is 2.40. The van der Waals surface area contributed by atoms with E-state index in [1.54, 1.807) is 6.08 Å². The van der Waals surface area contributed by atoms with Crippen LogP contribution in [0.1, 0.15) is 86.0 Å². The molecule has 0 bridgehead atoms. The first-order valence-electron chi connectivity index (χ1n) is 11.0. The molecule has 0 aromatic heterocycles. The van der Waals surface area contributed by atoms with Crippen molar-refractivity contribution in [1.29, 1.82) is 0 Å². The molecule has 0 aliphatic heterocycles. The predicted octanol–water partition coefficient (Wildman–Crippen LogP) is 6.97. The molecule has 0 atom stereocenters. The molecule has 1 fully saturated rings. The van der Waals surface area contributed by atoms with Crippen molar-refractivity contribution in [1.82, 2.24) is 5.32 Å². The van der Waals surface area contributed by atoms with Crippen molar-refractivity contribution < 1.29 is 4.79 Å². The molecule has 0 saturated heterocycles. The molecule has 0 spiro atoms. The Morgan fingerprint density at radius 2 is 1.75 bits per heavy atom. The molecule has 0 aromatic carbocycles. The maximum atomic E-state index is 12.1. The minimum atomic E-state index is 0.0385. The van der Waals surface area contributed by atoms with Crippen LogP contribution in [0, 0.1) is 5.41 Å². The number of carbonyl (C=O) groups is 1. The van der Waals surface area contributed by atoms with Crippen LogP contribution in [0.5, 0.6) is 0 Å². The maximum absolute atomic E-state index is 12.1. The van der Waals surface area contributed by atoms with Crippen LogP contribution in [0.4, 0.5) is 0 Å². The number of hydrogen-bond donors (Lipinski definition) is 1. The quantitative estimate of drug-likeness (QED) is 0.391. The van der Waals surface area contributed by atoms with E-state index < -0.39 is 0 Å². The lowest BCUT2D eigenvalue weighted by Gasteiger charge is -2.32. The first kappa shape index (κ1) is 22.5. The van der Waals surface area contributed by atoms with E-state index in [4.69, 9.17) is 0 Å². The molecule has 2 aliphatic carbocycles. The monoisotopic (exact) mass is 381 g/mol. The highest BCUT2D eigenvalue weighted by Gasteiger charge is 2.26. The van der Waals surface area contributed by atoms with Gasteiger partial charge in [-0.15, -0.1) is 0 Å². The number of hydrogen-bond acceptors (Lipinski definition) is 1. The second-order valence-corrected chi connectivity index (χ2v) is 9.27. The highest BCUT2D eigenvalue weighted by molar-refractivity contribution is 5.88. The van der Waals surface area contributed by atoms with Crippen LogP contribution in [0.25, 0.3) is 0 Å². The molecule has 2 aliphatic rings. The van der Waals surface area contributed by atoms with Crippen LogP contribution in [-0.2, 0) is 4.79 Å². The van der Waals surface area contributed by atoms with Crippen molar-refractivity contribution in [2.75, 3.05) is 0 Å². The second-order valence-electron chi connectivity index (χ2n) is 9.27. The molecular weight excluding hydrogens is 342 g/mol. The Labute approximate surface area is 172 Å². The Kier molecular flexibility index (Phi) is 8.54. The average Bonchev–Trinajstić information content (AvgIpc) is 2.61. The van der Waals surface area contributed by atoms with E-state index in [0.29, 0.717) is 6.04 Å². The summed E-state index contributed by atoms with van der Waals surface area (Å²) >= 11 is 0. The Morgan fingerprint density at radius 3 is 2.43 bits per heavy atom. The number of allylic oxidation sites excluding steroid dienone is 9. The van der Waals surface area contributed by atoms with Gasteiger partial charge in [0, 0.05) is 12.1 Å². The summed E-state index contributed by atoms with van der Waals surface area (Å²) in [6.45, 7) is 11.1. The summed E-state index contributed by atoms with van der Waals surface area (Å²) in [5, 5.41) is 3.14. The van der Waals surface area contributed by atoms with Gasteiger partial charge < -0.3 is 5.32 Å². The van der Waals surface area contributed by atoms with Gasteiger partial charge in [0.15, 0.2) is 0 Å². The number of amides is 1.